The molecule has 0 unspecified atom stereocenters. The predicted molar refractivity (Wildman–Crippen MR) is 66.1 cm³/mol. The number of carbonyl (C=O) groups is 3. The third kappa shape index (κ3) is 2.29. The second-order valence-electron chi connectivity index (χ2n) is 4.99. The number of hydrogen-bond donors (Lipinski definition) is 0. The van der Waals surface area contributed by atoms with E-state index in [2.05, 4.69) is 0 Å². The molecule has 0 aromatic carbocycles. The Hall–Kier alpha value is -1.65. The van der Waals surface area contributed by atoms with Crippen LogP contribution in [0.4, 0.5) is 0 Å². The molecule has 2 rings (SSSR count). The number of allylic oxidation sites excluding steroid dienone is 2. The van der Waals surface area contributed by atoms with Crippen LogP contribution in [0.1, 0.15) is 33.1 Å². The van der Waals surface area contributed by atoms with Crippen LogP contribution in [-0.2, 0) is 23.9 Å². The number of esters is 2. The van der Waals surface area contributed by atoms with E-state index in [1.807, 2.05) is 0 Å². The van der Waals surface area contributed by atoms with E-state index in [9.17, 15) is 14.4 Å². The molecule has 0 aliphatic heterocycles. The Morgan fingerprint density at radius 2 is 1.84 bits per heavy atom. The van der Waals surface area contributed by atoms with Crippen molar-refractivity contribution in [3.8, 4) is 0 Å². The molecule has 2 aliphatic carbocycles. The molecule has 19 heavy (non-hydrogen) atoms. The minimum absolute atomic E-state index is 0.0127. The van der Waals surface area contributed by atoms with Crippen molar-refractivity contribution in [3.63, 3.8) is 0 Å². The lowest BCUT2D eigenvalue weighted by Gasteiger charge is -2.24. The van der Waals surface area contributed by atoms with Gasteiger partial charge in [0.1, 0.15) is 0 Å². The van der Waals surface area contributed by atoms with Gasteiger partial charge in [-0.25, -0.2) is 0 Å². The minimum Gasteiger partial charge on any atom is -0.465 e. The standard InChI is InChI=1S/C14H18O5/c1-3-18-12(16)14(13(17)19-4-2)7-9-5-11(15)6-10(9)8-14/h5,10H,3-4,6-8H2,1-2H3/t10-/m0/s1. The average Bonchev–Trinajstić information content (AvgIpc) is 2.84. The van der Waals surface area contributed by atoms with Gasteiger partial charge in [0, 0.05) is 6.42 Å². The van der Waals surface area contributed by atoms with Gasteiger partial charge in [0.25, 0.3) is 0 Å². The highest BCUT2D eigenvalue weighted by molar-refractivity contribution is 6.03. The molecule has 1 atom stereocenters. The topological polar surface area (TPSA) is 69.7 Å². The first-order chi connectivity index (χ1) is 9.03. The number of ketones is 1. The second kappa shape index (κ2) is 5.15. The monoisotopic (exact) mass is 266 g/mol. The number of fused-ring (bicyclic) bond motifs is 1. The summed E-state index contributed by atoms with van der Waals surface area (Å²) in [5, 5.41) is 0. The van der Waals surface area contributed by atoms with E-state index in [1.165, 1.54) is 0 Å². The first kappa shape index (κ1) is 13.8. The fraction of sp³-hybridized carbons (Fsp3) is 0.643. The maximum Gasteiger partial charge on any atom is 0.323 e. The van der Waals surface area contributed by atoms with E-state index in [1.54, 1.807) is 19.9 Å². The Kier molecular flexibility index (Phi) is 3.73. The molecule has 2 aliphatic rings. The molecule has 0 heterocycles. The second-order valence-corrected chi connectivity index (χ2v) is 4.99. The minimum atomic E-state index is -1.25. The molecular formula is C14H18O5. The zero-order chi connectivity index (χ0) is 14.0. The normalized spacial score (nSPS) is 23.8. The molecule has 5 nitrogen and oxygen atoms in total. The lowest BCUT2D eigenvalue weighted by Crippen LogP contribution is -2.40. The highest BCUT2D eigenvalue weighted by Gasteiger charge is 2.57. The van der Waals surface area contributed by atoms with Gasteiger partial charge in [-0.1, -0.05) is 5.57 Å². The molecule has 0 radical (unpaired) electrons. The first-order valence-corrected chi connectivity index (χ1v) is 6.61. The molecule has 1 saturated carbocycles. The first-order valence-electron chi connectivity index (χ1n) is 6.61. The van der Waals surface area contributed by atoms with Gasteiger partial charge in [-0.2, -0.15) is 0 Å². The predicted octanol–water partition coefficient (Wildman–Crippen LogP) is 1.41. The fourth-order valence-corrected chi connectivity index (χ4v) is 2.93. The number of ether oxygens (including phenoxy) is 2. The van der Waals surface area contributed by atoms with Crippen molar-refractivity contribution in [2.75, 3.05) is 13.2 Å². The Morgan fingerprint density at radius 1 is 1.26 bits per heavy atom. The Balaban J connectivity index is 2.27. The van der Waals surface area contributed by atoms with Crippen LogP contribution in [0.3, 0.4) is 0 Å². The molecule has 0 aromatic rings. The van der Waals surface area contributed by atoms with E-state index < -0.39 is 17.4 Å². The van der Waals surface area contributed by atoms with Gasteiger partial charge in [-0.3, -0.25) is 14.4 Å². The number of carbonyl (C=O) groups excluding carboxylic acids is 3. The quantitative estimate of drug-likeness (QED) is 0.568. The molecule has 104 valence electrons. The summed E-state index contributed by atoms with van der Waals surface area (Å²) in [4.78, 5) is 35.7. The van der Waals surface area contributed by atoms with Gasteiger partial charge in [0.2, 0.25) is 0 Å². The molecule has 0 aromatic heterocycles. The van der Waals surface area contributed by atoms with Gasteiger partial charge in [-0.05, 0) is 38.7 Å². The van der Waals surface area contributed by atoms with Crippen LogP contribution in [0, 0.1) is 11.3 Å². The number of rotatable bonds is 4. The van der Waals surface area contributed by atoms with Gasteiger partial charge in [0.15, 0.2) is 11.2 Å². The summed E-state index contributed by atoms with van der Waals surface area (Å²) in [5.41, 5.74) is -0.366. The molecule has 0 bridgehead atoms. The smallest absolute Gasteiger partial charge is 0.323 e. The lowest BCUT2D eigenvalue weighted by molar-refractivity contribution is -0.171. The molecular weight excluding hydrogens is 248 g/mol. The Bertz CT molecular complexity index is 431. The van der Waals surface area contributed by atoms with Crippen molar-refractivity contribution in [3.05, 3.63) is 11.6 Å². The summed E-state index contributed by atoms with van der Waals surface area (Å²) in [6, 6.07) is 0. The summed E-state index contributed by atoms with van der Waals surface area (Å²) in [5.74, 6) is -1.00. The van der Waals surface area contributed by atoms with Gasteiger partial charge in [-0.15, -0.1) is 0 Å². The maximum absolute atomic E-state index is 12.2. The lowest BCUT2D eigenvalue weighted by atomic mass is 9.84. The maximum atomic E-state index is 12.2. The van der Waals surface area contributed by atoms with Crippen LogP contribution >= 0.6 is 0 Å². The van der Waals surface area contributed by atoms with Crippen molar-refractivity contribution in [1.82, 2.24) is 0 Å². The van der Waals surface area contributed by atoms with Crippen molar-refractivity contribution in [2.45, 2.75) is 33.1 Å². The third-order valence-corrected chi connectivity index (χ3v) is 3.75. The van der Waals surface area contributed by atoms with E-state index in [-0.39, 0.29) is 31.3 Å². The summed E-state index contributed by atoms with van der Waals surface area (Å²) in [7, 11) is 0. The van der Waals surface area contributed by atoms with E-state index in [0.717, 1.165) is 5.57 Å². The summed E-state index contributed by atoms with van der Waals surface area (Å²) < 4.78 is 10.1. The highest BCUT2D eigenvalue weighted by atomic mass is 16.6. The van der Waals surface area contributed by atoms with E-state index in [0.29, 0.717) is 12.8 Å². The van der Waals surface area contributed by atoms with Gasteiger partial charge in [0.05, 0.1) is 13.2 Å². The van der Waals surface area contributed by atoms with Gasteiger partial charge < -0.3 is 9.47 Å². The SMILES string of the molecule is CCOC(=O)C1(C(=O)OCC)CC2=CC(=O)C[C@H]2C1. The largest absolute Gasteiger partial charge is 0.465 e. The zero-order valence-corrected chi connectivity index (χ0v) is 11.2. The van der Waals surface area contributed by atoms with Crippen LogP contribution in [0.15, 0.2) is 11.6 Å². The molecule has 1 fully saturated rings. The van der Waals surface area contributed by atoms with Crippen molar-refractivity contribution < 1.29 is 23.9 Å². The van der Waals surface area contributed by atoms with E-state index >= 15 is 0 Å². The molecule has 0 saturated heterocycles. The third-order valence-electron chi connectivity index (χ3n) is 3.75. The summed E-state index contributed by atoms with van der Waals surface area (Å²) >= 11 is 0. The van der Waals surface area contributed by atoms with Crippen molar-refractivity contribution in [2.24, 2.45) is 11.3 Å². The summed E-state index contributed by atoms with van der Waals surface area (Å²) in [6.07, 6.45) is 2.52. The Morgan fingerprint density at radius 3 is 2.32 bits per heavy atom. The van der Waals surface area contributed by atoms with Crippen molar-refractivity contribution in [1.29, 1.82) is 0 Å². The van der Waals surface area contributed by atoms with Crippen LogP contribution in [0.5, 0.6) is 0 Å². The molecule has 0 N–H and O–H groups in total. The number of hydrogen-bond acceptors (Lipinski definition) is 5. The molecule has 0 amide bonds. The highest BCUT2D eigenvalue weighted by Crippen LogP contribution is 2.50. The van der Waals surface area contributed by atoms with Crippen LogP contribution in [-0.4, -0.2) is 30.9 Å². The van der Waals surface area contributed by atoms with Crippen molar-refractivity contribution >= 4 is 17.7 Å². The van der Waals surface area contributed by atoms with Crippen LogP contribution in [0.25, 0.3) is 0 Å². The summed E-state index contributed by atoms with van der Waals surface area (Å²) in [6.45, 7) is 3.86. The van der Waals surface area contributed by atoms with Crippen LogP contribution in [0.2, 0.25) is 0 Å². The van der Waals surface area contributed by atoms with E-state index in [4.69, 9.17) is 9.47 Å². The zero-order valence-electron chi connectivity index (χ0n) is 11.2. The Labute approximate surface area is 111 Å². The average molecular weight is 266 g/mol. The molecule has 0 spiro atoms. The van der Waals surface area contributed by atoms with Gasteiger partial charge >= 0.3 is 11.9 Å². The fourth-order valence-electron chi connectivity index (χ4n) is 2.93. The van der Waals surface area contributed by atoms with Crippen LogP contribution < -0.4 is 0 Å². The molecule has 5 heteroatoms.